The number of nitrogens with zero attached hydrogens (tertiary/aromatic N) is 2. The average molecular weight is 488 g/mol. The van der Waals surface area contributed by atoms with Crippen molar-refractivity contribution >= 4 is 33.4 Å². The SMILES string of the molecule is CCCOc1ccc(N2C(=O)C[C@@H](N(CCc3ccc(S(N)(=O)=O)cc3)C(=O)CC)C2=O)cc1. The number of rotatable bonds is 10. The summed E-state index contributed by atoms with van der Waals surface area (Å²) in [5.41, 5.74) is 1.21. The molecule has 1 atom stereocenters. The Kier molecular flexibility index (Phi) is 8.06. The van der Waals surface area contributed by atoms with Crippen LogP contribution in [0.1, 0.15) is 38.7 Å². The summed E-state index contributed by atoms with van der Waals surface area (Å²) in [4.78, 5) is 41.2. The van der Waals surface area contributed by atoms with E-state index in [1.807, 2.05) is 6.92 Å². The zero-order chi connectivity index (χ0) is 24.9. The van der Waals surface area contributed by atoms with E-state index in [1.54, 1.807) is 43.3 Å². The zero-order valence-electron chi connectivity index (χ0n) is 19.3. The van der Waals surface area contributed by atoms with Crippen molar-refractivity contribution < 1.29 is 27.5 Å². The third kappa shape index (κ3) is 5.81. The third-order valence-electron chi connectivity index (χ3n) is 5.58. The Morgan fingerprint density at radius 3 is 2.29 bits per heavy atom. The van der Waals surface area contributed by atoms with Gasteiger partial charge in [-0.05, 0) is 54.8 Å². The third-order valence-corrected chi connectivity index (χ3v) is 6.51. The molecule has 0 saturated carbocycles. The van der Waals surface area contributed by atoms with Crippen LogP contribution in [-0.2, 0) is 30.8 Å². The van der Waals surface area contributed by atoms with Gasteiger partial charge in [-0.3, -0.25) is 14.4 Å². The molecule has 1 saturated heterocycles. The highest BCUT2D eigenvalue weighted by molar-refractivity contribution is 7.89. The van der Waals surface area contributed by atoms with Crippen molar-refractivity contribution in [2.45, 2.75) is 50.5 Å². The number of imide groups is 1. The Morgan fingerprint density at radius 2 is 1.74 bits per heavy atom. The van der Waals surface area contributed by atoms with Crippen LogP contribution in [-0.4, -0.2) is 50.2 Å². The van der Waals surface area contributed by atoms with Crippen LogP contribution in [0.2, 0.25) is 0 Å². The van der Waals surface area contributed by atoms with Gasteiger partial charge in [-0.2, -0.15) is 0 Å². The monoisotopic (exact) mass is 487 g/mol. The van der Waals surface area contributed by atoms with E-state index >= 15 is 0 Å². The van der Waals surface area contributed by atoms with Gasteiger partial charge in [0.25, 0.3) is 5.91 Å². The summed E-state index contributed by atoms with van der Waals surface area (Å²) in [6.07, 6.45) is 1.34. The largest absolute Gasteiger partial charge is 0.494 e. The van der Waals surface area contributed by atoms with Crippen LogP contribution in [0.5, 0.6) is 5.75 Å². The van der Waals surface area contributed by atoms with Gasteiger partial charge in [-0.25, -0.2) is 18.5 Å². The molecule has 10 heteroatoms. The fourth-order valence-electron chi connectivity index (χ4n) is 3.79. The first-order chi connectivity index (χ1) is 16.2. The summed E-state index contributed by atoms with van der Waals surface area (Å²) in [5.74, 6) is -0.405. The van der Waals surface area contributed by atoms with Gasteiger partial charge in [0.05, 0.1) is 23.6 Å². The Bertz CT molecular complexity index is 1150. The molecule has 2 N–H and O–H groups in total. The molecule has 1 fully saturated rings. The number of hydrogen-bond acceptors (Lipinski definition) is 6. The van der Waals surface area contributed by atoms with E-state index in [0.717, 1.165) is 16.9 Å². The molecule has 182 valence electrons. The molecular formula is C24H29N3O6S. The zero-order valence-corrected chi connectivity index (χ0v) is 20.1. The van der Waals surface area contributed by atoms with Gasteiger partial charge in [0.1, 0.15) is 11.8 Å². The summed E-state index contributed by atoms with van der Waals surface area (Å²) in [6.45, 7) is 4.48. The van der Waals surface area contributed by atoms with Crippen molar-refractivity contribution in [2.24, 2.45) is 5.14 Å². The fraction of sp³-hybridized carbons (Fsp3) is 0.375. The van der Waals surface area contributed by atoms with E-state index in [1.165, 1.54) is 17.0 Å². The molecule has 1 aliphatic heterocycles. The first-order valence-electron chi connectivity index (χ1n) is 11.2. The molecular weight excluding hydrogens is 458 g/mol. The number of sulfonamides is 1. The van der Waals surface area contributed by atoms with E-state index in [0.29, 0.717) is 24.5 Å². The van der Waals surface area contributed by atoms with Crippen molar-refractivity contribution in [3.8, 4) is 5.75 Å². The Hall–Kier alpha value is -3.24. The Morgan fingerprint density at radius 1 is 1.09 bits per heavy atom. The molecule has 0 aliphatic carbocycles. The number of carbonyl (C=O) groups excluding carboxylic acids is 3. The average Bonchev–Trinajstić information content (AvgIpc) is 3.11. The summed E-state index contributed by atoms with van der Waals surface area (Å²) < 4.78 is 28.4. The maximum atomic E-state index is 13.2. The van der Waals surface area contributed by atoms with Gasteiger partial charge in [-0.1, -0.05) is 26.0 Å². The quantitative estimate of drug-likeness (QED) is 0.512. The molecule has 1 aliphatic rings. The number of benzene rings is 2. The van der Waals surface area contributed by atoms with Gasteiger partial charge in [0.15, 0.2) is 0 Å². The van der Waals surface area contributed by atoms with Crippen molar-refractivity contribution in [2.75, 3.05) is 18.1 Å². The van der Waals surface area contributed by atoms with Gasteiger partial charge in [-0.15, -0.1) is 0 Å². The molecule has 0 bridgehead atoms. The van der Waals surface area contributed by atoms with Crippen LogP contribution in [0.3, 0.4) is 0 Å². The first-order valence-corrected chi connectivity index (χ1v) is 12.7. The predicted octanol–water partition coefficient (Wildman–Crippen LogP) is 2.24. The lowest BCUT2D eigenvalue weighted by Crippen LogP contribution is -2.46. The topological polar surface area (TPSA) is 127 Å². The smallest absolute Gasteiger partial charge is 0.257 e. The van der Waals surface area contributed by atoms with E-state index in [4.69, 9.17) is 9.88 Å². The van der Waals surface area contributed by atoms with Crippen LogP contribution in [0.15, 0.2) is 53.4 Å². The van der Waals surface area contributed by atoms with Crippen molar-refractivity contribution in [3.05, 3.63) is 54.1 Å². The molecule has 1 heterocycles. The van der Waals surface area contributed by atoms with Gasteiger partial charge < -0.3 is 9.64 Å². The second kappa shape index (κ2) is 10.8. The normalized spacial score (nSPS) is 16.1. The highest BCUT2D eigenvalue weighted by Gasteiger charge is 2.43. The molecule has 0 unspecified atom stereocenters. The van der Waals surface area contributed by atoms with Crippen LogP contribution in [0.4, 0.5) is 5.69 Å². The lowest BCUT2D eigenvalue weighted by molar-refractivity contribution is -0.138. The maximum Gasteiger partial charge on any atom is 0.257 e. The van der Waals surface area contributed by atoms with Gasteiger partial charge in [0.2, 0.25) is 21.8 Å². The number of nitrogens with two attached hydrogens (primary N) is 1. The summed E-state index contributed by atoms with van der Waals surface area (Å²) in [7, 11) is -3.79. The van der Waals surface area contributed by atoms with E-state index in [2.05, 4.69) is 0 Å². The highest BCUT2D eigenvalue weighted by Crippen LogP contribution is 2.28. The molecule has 34 heavy (non-hydrogen) atoms. The number of primary sulfonamides is 1. The number of ether oxygens (including phenoxy) is 1. The number of hydrogen-bond donors (Lipinski definition) is 1. The highest BCUT2D eigenvalue weighted by atomic mass is 32.2. The number of anilines is 1. The Labute approximate surface area is 199 Å². The molecule has 2 aromatic carbocycles. The summed E-state index contributed by atoms with van der Waals surface area (Å²) >= 11 is 0. The summed E-state index contributed by atoms with van der Waals surface area (Å²) in [6, 6.07) is 11.9. The van der Waals surface area contributed by atoms with Crippen LogP contribution < -0.4 is 14.8 Å². The number of carbonyl (C=O) groups is 3. The van der Waals surface area contributed by atoms with E-state index < -0.39 is 22.0 Å². The molecule has 0 radical (unpaired) electrons. The fourth-order valence-corrected chi connectivity index (χ4v) is 4.31. The lowest BCUT2D eigenvalue weighted by Gasteiger charge is -2.27. The second-order valence-electron chi connectivity index (χ2n) is 8.01. The standard InChI is InChI=1S/C24H29N3O6S/c1-3-15-33-19-9-7-18(8-10-19)27-23(29)16-21(24(27)30)26(22(28)4-2)14-13-17-5-11-20(12-6-17)34(25,31)32/h5-12,21H,3-4,13-16H2,1-2H3,(H2,25,31,32)/t21-/m1/s1. The van der Waals surface area contributed by atoms with Crippen LogP contribution >= 0.6 is 0 Å². The summed E-state index contributed by atoms with van der Waals surface area (Å²) in [5, 5.41) is 5.13. The maximum absolute atomic E-state index is 13.2. The molecule has 9 nitrogen and oxygen atoms in total. The van der Waals surface area contributed by atoms with Crippen molar-refractivity contribution in [3.63, 3.8) is 0 Å². The lowest BCUT2D eigenvalue weighted by atomic mass is 10.1. The molecule has 0 spiro atoms. The van der Waals surface area contributed by atoms with Crippen LogP contribution in [0, 0.1) is 0 Å². The minimum atomic E-state index is -3.79. The van der Waals surface area contributed by atoms with Gasteiger partial charge >= 0.3 is 0 Å². The first kappa shape index (κ1) is 25.4. The molecule has 0 aromatic heterocycles. The minimum absolute atomic E-state index is 0.00365. The minimum Gasteiger partial charge on any atom is -0.494 e. The second-order valence-corrected chi connectivity index (χ2v) is 9.57. The van der Waals surface area contributed by atoms with E-state index in [-0.39, 0.29) is 36.1 Å². The molecule has 3 rings (SSSR count). The van der Waals surface area contributed by atoms with E-state index in [9.17, 15) is 22.8 Å². The van der Waals surface area contributed by atoms with Gasteiger partial charge in [0, 0.05) is 13.0 Å². The number of amides is 3. The van der Waals surface area contributed by atoms with Crippen LogP contribution in [0.25, 0.3) is 0 Å². The van der Waals surface area contributed by atoms with Crippen molar-refractivity contribution in [1.29, 1.82) is 0 Å². The predicted molar refractivity (Wildman–Crippen MR) is 127 cm³/mol. The molecule has 2 aromatic rings. The molecule has 3 amide bonds. The Balaban J connectivity index is 1.74. The van der Waals surface area contributed by atoms with Crippen molar-refractivity contribution in [1.82, 2.24) is 4.90 Å².